The van der Waals surface area contributed by atoms with Crippen molar-refractivity contribution in [3.05, 3.63) is 34.9 Å². The first-order valence-electron chi connectivity index (χ1n) is 6.25. The Morgan fingerprint density at radius 2 is 2.12 bits per heavy atom. The lowest BCUT2D eigenvalue weighted by Crippen LogP contribution is -2.42. The Morgan fingerprint density at radius 3 is 2.82 bits per heavy atom. The highest BCUT2D eigenvalue weighted by Crippen LogP contribution is 2.50. The molecule has 1 atom stereocenters. The van der Waals surface area contributed by atoms with Crippen LogP contribution in [0, 0.1) is 16.7 Å². The Bertz CT molecular complexity index is 481. The molecule has 1 aliphatic carbocycles. The summed E-state index contributed by atoms with van der Waals surface area (Å²) in [6, 6.07) is 8.36. The number of nitriles is 1. The molecule has 3 heteroatoms. The zero-order valence-electron chi connectivity index (χ0n) is 9.87. The number of nitrogens with one attached hydrogen (secondary N) is 1. The average molecular weight is 227 g/mol. The van der Waals surface area contributed by atoms with E-state index in [0.29, 0.717) is 0 Å². The van der Waals surface area contributed by atoms with Gasteiger partial charge in [-0.15, -0.1) is 0 Å². The Labute approximate surface area is 102 Å². The van der Waals surface area contributed by atoms with E-state index in [9.17, 15) is 5.26 Å². The van der Waals surface area contributed by atoms with Crippen LogP contribution in [0.1, 0.15) is 35.6 Å². The highest BCUT2D eigenvalue weighted by atomic mass is 14.9. The van der Waals surface area contributed by atoms with E-state index in [1.807, 2.05) is 12.1 Å². The van der Waals surface area contributed by atoms with Crippen molar-refractivity contribution in [2.45, 2.75) is 25.3 Å². The van der Waals surface area contributed by atoms with E-state index in [2.05, 4.69) is 17.5 Å². The second-order valence-electron chi connectivity index (χ2n) is 5.25. The average Bonchev–Trinajstić information content (AvgIpc) is 2.64. The van der Waals surface area contributed by atoms with Crippen LogP contribution in [0.15, 0.2) is 18.2 Å². The SMILES string of the molecule is N#Cc1cccc2c1CC1(CCNCC1)C2N. The smallest absolute Gasteiger partial charge is 0.0994 e. The normalized spacial score (nSPS) is 25.5. The van der Waals surface area contributed by atoms with Crippen LogP contribution in [0.3, 0.4) is 0 Å². The minimum absolute atomic E-state index is 0.105. The highest BCUT2D eigenvalue weighted by Gasteiger charge is 2.45. The van der Waals surface area contributed by atoms with Crippen molar-refractivity contribution < 1.29 is 0 Å². The largest absolute Gasteiger partial charge is 0.323 e. The van der Waals surface area contributed by atoms with Crippen molar-refractivity contribution in [3.8, 4) is 6.07 Å². The van der Waals surface area contributed by atoms with E-state index < -0.39 is 0 Å². The van der Waals surface area contributed by atoms with Gasteiger partial charge in [-0.05, 0) is 55.0 Å². The predicted octanol–water partition coefficient (Wildman–Crippen LogP) is 1.48. The summed E-state index contributed by atoms with van der Waals surface area (Å²) in [5.74, 6) is 0. The van der Waals surface area contributed by atoms with E-state index >= 15 is 0 Å². The van der Waals surface area contributed by atoms with Crippen molar-refractivity contribution in [2.24, 2.45) is 11.1 Å². The van der Waals surface area contributed by atoms with Gasteiger partial charge in [0.1, 0.15) is 0 Å². The first-order valence-corrected chi connectivity index (χ1v) is 6.25. The lowest BCUT2D eigenvalue weighted by molar-refractivity contribution is 0.174. The van der Waals surface area contributed by atoms with Crippen molar-refractivity contribution >= 4 is 0 Å². The summed E-state index contributed by atoms with van der Waals surface area (Å²) in [6.45, 7) is 2.09. The summed E-state index contributed by atoms with van der Waals surface area (Å²) < 4.78 is 0. The minimum atomic E-state index is 0.105. The molecular weight excluding hydrogens is 210 g/mol. The number of fused-ring (bicyclic) bond motifs is 1. The molecule has 3 N–H and O–H groups in total. The van der Waals surface area contributed by atoms with Gasteiger partial charge < -0.3 is 11.1 Å². The standard InChI is InChI=1S/C14H17N3/c15-9-10-2-1-3-11-12(10)8-14(13(11)16)4-6-17-7-5-14/h1-3,13,17H,4-8,16H2. The Balaban J connectivity index is 2.05. The second-order valence-corrected chi connectivity index (χ2v) is 5.25. The molecule has 0 aromatic heterocycles. The topological polar surface area (TPSA) is 61.8 Å². The van der Waals surface area contributed by atoms with Crippen LogP contribution in [0.4, 0.5) is 0 Å². The fourth-order valence-corrected chi connectivity index (χ4v) is 3.40. The van der Waals surface area contributed by atoms with Gasteiger partial charge in [-0.3, -0.25) is 0 Å². The molecule has 1 fully saturated rings. The lowest BCUT2D eigenvalue weighted by atomic mass is 9.73. The molecule has 0 saturated carbocycles. The van der Waals surface area contributed by atoms with E-state index in [1.54, 1.807) is 0 Å². The molecule has 0 radical (unpaired) electrons. The maximum absolute atomic E-state index is 9.17. The van der Waals surface area contributed by atoms with Gasteiger partial charge in [0.25, 0.3) is 0 Å². The van der Waals surface area contributed by atoms with Gasteiger partial charge in [0.2, 0.25) is 0 Å². The first-order chi connectivity index (χ1) is 8.27. The lowest BCUT2D eigenvalue weighted by Gasteiger charge is -2.37. The molecule has 1 unspecified atom stereocenters. The van der Waals surface area contributed by atoms with Gasteiger partial charge in [-0.1, -0.05) is 12.1 Å². The van der Waals surface area contributed by atoms with Crippen LogP contribution in [0.25, 0.3) is 0 Å². The van der Waals surface area contributed by atoms with Crippen molar-refractivity contribution in [1.82, 2.24) is 5.32 Å². The van der Waals surface area contributed by atoms with Crippen LogP contribution in [-0.2, 0) is 6.42 Å². The monoisotopic (exact) mass is 227 g/mol. The highest BCUT2D eigenvalue weighted by molar-refractivity contribution is 5.48. The van der Waals surface area contributed by atoms with Crippen LogP contribution < -0.4 is 11.1 Å². The molecule has 1 aromatic rings. The van der Waals surface area contributed by atoms with Gasteiger partial charge >= 0.3 is 0 Å². The molecule has 1 heterocycles. The van der Waals surface area contributed by atoms with Gasteiger partial charge in [0.15, 0.2) is 0 Å². The van der Waals surface area contributed by atoms with Crippen LogP contribution in [0.5, 0.6) is 0 Å². The van der Waals surface area contributed by atoms with Gasteiger partial charge in [0, 0.05) is 6.04 Å². The number of hydrogen-bond acceptors (Lipinski definition) is 3. The zero-order valence-corrected chi connectivity index (χ0v) is 9.87. The Morgan fingerprint density at radius 1 is 1.35 bits per heavy atom. The zero-order chi connectivity index (χ0) is 11.9. The van der Waals surface area contributed by atoms with E-state index in [-0.39, 0.29) is 11.5 Å². The predicted molar refractivity (Wildman–Crippen MR) is 66.3 cm³/mol. The first kappa shape index (κ1) is 10.8. The van der Waals surface area contributed by atoms with E-state index in [4.69, 9.17) is 5.73 Å². The van der Waals surface area contributed by atoms with Crippen LogP contribution in [-0.4, -0.2) is 13.1 Å². The van der Waals surface area contributed by atoms with Gasteiger partial charge in [-0.25, -0.2) is 0 Å². The molecule has 0 bridgehead atoms. The van der Waals surface area contributed by atoms with Crippen molar-refractivity contribution in [1.29, 1.82) is 5.26 Å². The fraction of sp³-hybridized carbons (Fsp3) is 0.500. The molecule has 2 aliphatic rings. The van der Waals surface area contributed by atoms with Crippen molar-refractivity contribution in [2.75, 3.05) is 13.1 Å². The third-order valence-electron chi connectivity index (χ3n) is 4.46. The summed E-state index contributed by atoms with van der Waals surface area (Å²) in [4.78, 5) is 0. The van der Waals surface area contributed by atoms with E-state index in [1.165, 1.54) is 11.1 Å². The molecule has 17 heavy (non-hydrogen) atoms. The number of rotatable bonds is 0. The molecular formula is C14H17N3. The maximum atomic E-state index is 9.17. The summed E-state index contributed by atoms with van der Waals surface area (Å²) in [7, 11) is 0. The summed E-state index contributed by atoms with van der Waals surface area (Å²) >= 11 is 0. The fourth-order valence-electron chi connectivity index (χ4n) is 3.40. The molecule has 3 rings (SSSR count). The van der Waals surface area contributed by atoms with Crippen LogP contribution >= 0.6 is 0 Å². The molecule has 1 aromatic carbocycles. The number of nitrogens with two attached hydrogens (primary N) is 1. The quantitative estimate of drug-likeness (QED) is 0.705. The van der Waals surface area contributed by atoms with Crippen molar-refractivity contribution in [3.63, 3.8) is 0 Å². The molecule has 1 spiro atoms. The number of benzene rings is 1. The number of hydrogen-bond donors (Lipinski definition) is 2. The molecule has 3 nitrogen and oxygen atoms in total. The van der Waals surface area contributed by atoms with E-state index in [0.717, 1.165) is 37.9 Å². The molecule has 0 amide bonds. The number of nitrogens with zero attached hydrogens (tertiary/aromatic N) is 1. The molecule has 88 valence electrons. The molecule has 1 saturated heterocycles. The summed E-state index contributed by atoms with van der Waals surface area (Å²) in [5, 5.41) is 12.6. The summed E-state index contributed by atoms with van der Waals surface area (Å²) in [5.41, 5.74) is 9.85. The van der Waals surface area contributed by atoms with Gasteiger partial charge in [0.05, 0.1) is 11.6 Å². The maximum Gasteiger partial charge on any atom is 0.0994 e. The minimum Gasteiger partial charge on any atom is -0.323 e. The Hall–Kier alpha value is -1.37. The Kier molecular flexibility index (Phi) is 2.43. The van der Waals surface area contributed by atoms with Crippen LogP contribution in [0.2, 0.25) is 0 Å². The summed E-state index contributed by atoms with van der Waals surface area (Å²) in [6.07, 6.45) is 3.22. The third-order valence-corrected chi connectivity index (χ3v) is 4.46. The third kappa shape index (κ3) is 1.49. The second kappa shape index (κ2) is 3.83. The number of piperidine rings is 1. The van der Waals surface area contributed by atoms with Gasteiger partial charge in [-0.2, -0.15) is 5.26 Å². The molecule has 1 aliphatic heterocycles.